The van der Waals surface area contributed by atoms with Gasteiger partial charge in [-0.2, -0.15) is 0 Å². The lowest BCUT2D eigenvalue weighted by molar-refractivity contribution is -0.158. The predicted molar refractivity (Wildman–Crippen MR) is 75.1 cm³/mol. The zero-order chi connectivity index (χ0) is 13.9. The fourth-order valence-electron chi connectivity index (χ4n) is 2.85. The van der Waals surface area contributed by atoms with Crippen molar-refractivity contribution >= 4 is 0 Å². The number of nitrogens with zero attached hydrogens (tertiary/aromatic N) is 1. The topological polar surface area (TPSA) is 55.5 Å². The largest absolute Gasteiger partial charge is 0.368 e. The summed E-state index contributed by atoms with van der Waals surface area (Å²) in [6.07, 6.45) is 3.80. The molecule has 2 heterocycles. The van der Waals surface area contributed by atoms with E-state index in [0.29, 0.717) is 6.61 Å². The van der Waals surface area contributed by atoms with E-state index in [-0.39, 0.29) is 5.92 Å². The van der Waals surface area contributed by atoms with E-state index >= 15 is 0 Å². The van der Waals surface area contributed by atoms with Crippen LogP contribution in [0, 0.1) is 12.8 Å². The molecule has 1 aromatic heterocycles. The van der Waals surface area contributed by atoms with E-state index in [1.165, 1.54) is 11.1 Å². The molecule has 0 saturated carbocycles. The molecule has 1 fully saturated rings. The first kappa shape index (κ1) is 13.3. The van der Waals surface area contributed by atoms with E-state index in [4.69, 9.17) is 9.26 Å². The SMILES string of the molecule is Cc1c(CC2CCCOC2O)cccc1-c1ccon1. The summed E-state index contributed by atoms with van der Waals surface area (Å²) in [6, 6.07) is 8.05. The second kappa shape index (κ2) is 5.77. The lowest BCUT2D eigenvalue weighted by atomic mass is 9.89. The van der Waals surface area contributed by atoms with Gasteiger partial charge in [0.25, 0.3) is 0 Å². The van der Waals surface area contributed by atoms with Gasteiger partial charge in [0.15, 0.2) is 6.29 Å². The van der Waals surface area contributed by atoms with Gasteiger partial charge in [-0.1, -0.05) is 23.4 Å². The molecule has 1 saturated heterocycles. The predicted octanol–water partition coefficient (Wildman–Crippen LogP) is 2.94. The zero-order valence-electron chi connectivity index (χ0n) is 11.6. The summed E-state index contributed by atoms with van der Waals surface area (Å²) in [5, 5.41) is 13.9. The zero-order valence-corrected chi connectivity index (χ0v) is 11.6. The van der Waals surface area contributed by atoms with Crippen LogP contribution >= 0.6 is 0 Å². The summed E-state index contributed by atoms with van der Waals surface area (Å²) in [5.41, 5.74) is 4.37. The molecule has 0 amide bonds. The summed E-state index contributed by atoms with van der Waals surface area (Å²) in [5.74, 6) is 0.176. The van der Waals surface area contributed by atoms with Crippen LogP contribution in [-0.2, 0) is 11.2 Å². The summed E-state index contributed by atoms with van der Waals surface area (Å²) in [7, 11) is 0. The lowest BCUT2D eigenvalue weighted by Crippen LogP contribution is -2.30. The first-order chi connectivity index (χ1) is 9.75. The quantitative estimate of drug-likeness (QED) is 0.934. The third-order valence-electron chi connectivity index (χ3n) is 4.05. The van der Waals surface area contributed by atoms with Crippen molar-refractivity contribution in [1.29, 1.82) is 0 Å². The molecular weight excluding hydrogens is 254 g/mol. The Morgan fingerprint density at radius 2 is 2.25 bits per heavy atom. The maximum atomic E-state index is 9.92. The third kappa shape index (κ3) is 2.62. The van der Waals surface area contributed by atoms with Crippen molar-refractivity contribution in [1.82, 2.24) is 5.16 Å². The van der Waals surface area contributed by atoms with Crippen LogP contribution < -0.4 is 0 Å². The van der Waals surface area contributed by atoms with Gasteiger partial charge in [-0.05, 0) is 37.3 Å². The van der Waals surface area contributed by atoms with Gasteiger partial charge in [0.05, 0.1) is 0 Å². The van der Waals surface area contributed by atoms with Gasteiger partial charge in [0.1, 0.15) is 12.0 Å². The minimum absolute atomic E-state index is 0.176. The fraction of sp³-hybridized carbons (Fsp3) is 0.438. The molecule has 2 unspecified atom stereocenters. The van der Waals surface area contributed by atoms with E-state index in [9.17, 15) is 5.11 Å². The highest BCUT2D eigenvalue weighted by atomic mass is 16.6. The van der Waals surface area contributed by atoms with Gasteiger partial charge in [0.2, 0.25) is 0 Å². The smallest absolute Gasteiger partial charge is 0.157 e. The Bertz CT molecular complexity index is 565. The maximum Gasteiger partial charge on any atom is 0.157 e. The Hall–Kier alpha value is -1.65. The molecule has 106 valence electrons. The van der Waals surface area contributed by atoms with Crippen LogP contribution in [0.25, 0.3) is 11.3 Å². The van der Waals surface area contributed by atoms with E-state index in [1.54, 1.807) is 6.26 Å². The van der Waals surface area contributed by atoms with Crippen LogP contribution in [0.1, 0.15) is 24.0 Å². The number of ether oxygens (including phenoxy) is 1. The van der Waals surface area contributed by atoms with Crippen molar-refractivity contribution < 1.29 is 14.4 Å². The molecule has 20 heavy (non-hydrogen) atoms. The Kier molecular flexibility index (Phi) is 3.85. The number of hydrogen-bond donors (Lipinski definition) is 1. The summed E-state index contributed by atoms with van der Waals surface area (Å²) in [6.45, 7) is 2.75. The molecule has 1 N–H and O–H groups in total. The molecule has 4 heteroatoms. The number of aliphatic hydroxyl groups is 1. The van der Waals surface area contributed by atoms with Crippen LogP contribution in [0.5, 0.6) is 0 Å². The first-order valence-electron chi connectivity index (χ1n) is 7.04. The van der Waals surface area contributed by atoms with E-state index in [0.717, 1.165) is 30.5 Å². The first-order valence-corrected chi connectivity index (χ1v) is 7.04. The number of aliphatic hydroxyl groups excluding tert-OH is 1. The molecule has 0 radical (unpaired) electrons. The van der Waals surface area contributed by atoms with Crippen molar-refractivity contribution in [3.63, 3.8) is 0 Å². The van der Waals surface area contributed by atoms with Crippen LogP contribution in [0.15, 0.2) is 35.1 Å². The fourth-order valence-corrected chi connectivity index (χ4v) is 2.85. The molecule has 1 aliphatic heterocycles. The van der Waals surface area contributed by atoms with Crippen LogP contribution in [0.3, 0.4) is 0 Å². The average Bonchev–Trinajstić information content (AvgIpc) is 2.97. The maximum absolute atomic E-state index is 9.92. The number of hydrogen-bond acceptors (Lipinski definition) is 4. The van der Waals surface area contributed by atoms with Crippen molar-refractivity contribution in [3.05, 3.63) is 41.7 Å². The second-order valence-electron chi connectivity index (χ2n) is 5.34. The van der Waals surface area contributed by atoms with Gasteiger partial charge in [0, 0.05) is 24.2 Å². The minimum atomic E-state index is -0.640. The normalized spacial score (nSPS) is 22.9. The lowest BCUT2D eigenvalue weighted by Gasteiger charge is -2.28. The Labute approximate surface area is 118 Å². The summed E-state index contributed by atoms with van der Waals surface area (Å²) in [4.78, 5) is 0. The van der Waals surface area contributed by atoms with Crippen LogP contribution in [-0.4, -0.2) is 23.2 Å². The highest BCUT2D eigenvalue weighted by Crippen LogP contribution is 2.29. The molecule has 1 aromatic carbocycles. The van der Waals surface area contributed by atoms with E-state index in [1.807, 2.05) is 18.2 Å². The van der Waals surface area contributed by atoms with Gasteiger partial charge in [-0.15, -0.1) is 0 Å². The molecule has 1 aliphatic rings. The molecular formula is C16H19NO3. The van der Waals surface area contributed by atoms with Gasteiger partial charge in [-0.3, -0.25) is 0 Å². The van der Waals surface area contributed by atoms with E-state index in [2.05, 4.69) is 18.1 Å². The standard InChI is InChI=1S/C16H19NO3/c1-11-12(10-13-5-3-8-19-16(13)18)4-2-6-14(11)15-7-9-20-17-15/h2,4,6-7,9,13,16,18H,3,5,8,10H2,1H3. The molecule has 0 bridgehead atoms. The van der Waals surface area contributed by atoms with Crippen molar-refractivity contribution in [3.8, 4) is 11.3 Å². The molecule has 2 atom stereocenters. The number of aromatic nitrogens is 1. The van der Waals surface area contributed by atoms with Gasteiger partial charge < -0.3 is 14.4 Å². The van der Waals surface area contributed by atoms with E-state index < -0.39 is 6.29 Å². The molecule has 0 aliphatic carbocycles. The molecule has 0 spiro atoms. The summed E-state index contributed by atoms with van der Waals surface area (Å²) >= 11 is 0. The molecule has 2 aromatic rings. The Morgan fingerprint density at radius 3 is 3.00 bits per heavy atom. The minimum Gasteiger partial charge on any atom is -0.368 e. The van der Waals surface area contributed by atoms with Gasteiger partial charge >= 0.3 is 0 Å². The van der Waals surface area contributed by atoms with Crippen molar-refractivity contribution in [2.24, 2.45) is 5.92 Å². The Morgan fingerprint density at radius 1 is 1.35 bits per heavy atom. The van der Waals surface area contributed by atoms with Crippen LogP contribution in [0.4, 0.5) is 0 Å². The number of rotatable bonds is 3. The third-order valence-corrected chi connectivity index (χ3v) is 4.05. The average molecular weight is 273 g/mol. The van der Waals surface area contributed by atoms with Crippen molar-refractivity contribution in [2.75, 3.05) is 6.61 Å². The van der Waals surface area contributed by atoms with Crippen LogP contribution in [0.2, 0.25) is 0 Å². The molecule has 3 rings (SSSR count). The van der Waals surface area contributed by atoms with Gasteiger partial charge in [-0.25, -0.2) is 0 Å². The monoisotopic (exact) mass is 273 g/mol. The summed E-state index contributed by atoms with van der Waals surface area (Å²) < 4.78 is 10.3. The second-order valence-corrected chi connectivity index (χ2v) is 5.34. The highest BCUT2D eigenvalue weighted by Gasteiger charge is 2.24. The highest BCUT2D eigenvalue weighted by molar-refractivity contribution is 5.64. The number of benzene rings is 1. The Balaban J connectivity index is 1.85. The van der Waals surface area contributed by atoms with Crippen molar-refractivity contribution in [2.45, 2.75) is 32.5 Å². The molecule has 4 nitrogen and oxygen atoms in total.